The molecule has 1 aromatic carbocycles. The van der Waals surface area contributed by atoms with E-state index >= 15 is 0 Å². The first-order chi connectivity index (χ1) is 10.6. The lowest BCUT2D eigenvalue weighted by Crippen LogP contribution is -2.46. The SMILES string of the molecule is Cc1cccc(C2(CNC(=O)C3CC(O)CN3)CCCC2)c1.Cl. The molecule has 2 aliphatic rings. The van der Waals surface area contributed by atoms with Gasteiger partial charge in [0, 0.05) is 18.5 Å². The van der Waals surface area contributed by atoms with Gasteiger partial charge in [-0.1, -0.05) is 42.7 Å². The van der Waals surface area contributed by atoms with Crippen LogP contribution >= 0.6 is 12.4 Å². The maximum atomic E-state index is 12.3. The highest BCUT2D eigenvalue weighted by atomic mass is 35.5. The Morgan fingerprint density at radius 1 is 1.39 bits per heavy atom. The topological polar surface area (TPSA) is 61.4 Å². The third-order valence-corrected chi connectivity index (χ3v) is 5.22. The third-order valence-electron chi connectivity index (χ3n) is 5.22. The number of hydrogen-bond acceptors (Lipinski definition) is 3. The second kappa shape index (κ2) is 7.65. The van der Waals surface area contributed by atoms with Crippen molar-refractivity contribution in [3.63, 3.8) is 0 Å². The van der Waals surface area contributed by atoms with Gasteiger partial charge >= 0.3 is 0 Å². The average molecular weight is 339 g/mol. The second-order valence-corrected chi connectivity index (χ2v) is 6.93. The summed E-state index contributed by atoms with van der Waals surface area (Å²) >= 11 is 0. The Balaban J connectivity index is 0.00000192. The summed E-state index contributed by atoms with van der Waals surface area (Å²) < 4.78 is 0. The predicted molar refractivity (Wildman–Crippen MR) is 94.0 cm³/mol. The van der Waals surface area contributed by atoms with Crippen molar-refractivity contribution < 1.29 is 9.90 Å². The van der Waals surface area contributed by atoms with Gasteiger partial charge in [0.2, 0.25) is 5.91 Å². The van der Waals surface area contributed by atoms with Gasteiger partial charge in [-0.25, -0.2) is 0 Å². The Kier molecular flexibility index (Phi) is 6.06. The molecule has 128 valence electrons. The largest absolute Gasteiger partial charge is 0.392 e. The molecule has 2 fully saturated rings. The highest BCUT2D eigenvalue weighted by molar-refractivity contribution is 5.85. The molecule has 0 spiro atoms. The van der Waals surface area contributed by atoms with Gasteiger partial charge in [0.15, 0.2) is 0 Å². The van der Waals surface area contributed by atoms with Gasteiger partial charge in [-0.2, -0.15) is 0 Å². The number of carbonyl (C=O) groups excluding carboxylic acids is 1. The highest BCUT2D eigenvalue weighted by Gasteiger charge is 2.37. The lowest BCUT2D eigenvalue weighted by Gasteiger charge is -2.31. The van der Waals surface area contributed by atoms with Gasteiger partial charge in [0.25, 0.3) is 0 Å². The van der Waals surface area contributed by atoms with E-state index in [1.54, 1.807) is 0 Å². The number of aliphatic hydroxyl groups is 1. The quantitative estimate of drug-likeness (QED) is 0.787. The zero-order valence-corrected chi connectivity index (χ0v) is 14.5. The Hall–Kier alpha value is -1.10. The summed E-state index contributed by atoms with van der Waals surface area (Å²) in [4.78, 5) is 12.3. The maximum absolute atomic E-state index is 12.3. The van der Waals surface area contributed by atoms with E-state index in [4.69, 9.17) is 0 Å². The average Bonchev–Trinajstić information content (AvgIpc) is 3.15. The standard InChI is InChI=1S/C18H26N2O2.ClH/c1-13-5-4-6-14(9-13)18(7-2-3-8-18)12-20-17(22)16-10-15(21)11-19-16;/h4-6,9,15-16,19,21H,2-3,7-8,10-12H2,1H3,(H,20,22);1H. The normalized spacial score (nSPS) is 25.8. The number of aryl methyl sites for hydroxylation is 1. The van der Waals surface area contributed by atoms with Crippen molar-refractivity contribution in [1.29, 1.82) is 0 Å². The van der Waals surface area contributed by atoms with Crippen LogP contribution in [0, 0.1) is 6.92 Å². The molecule has 3 rings (SSSR count). The van der Waals surface area contributed by atoms with Crippen LogP contribution in [0.4, 0.5) is 0 Å². The molecule has 5 heteroatoms. The van der Waals surface area contributed by atoms with E-state index < -0.39 is 6.10 Å². The molecule has 2 unspecified atom stereocenters. The Bertz CT molecular complexity index is 544. The van der Waals surface area contributed by atoms with Gasteiger partial charge in [0.1, 0.15) is 0 Å². The van der Waals surface area contributed by atoms with Crippen LogP contribution in [0.1, 0.15) is 43.2 Å². The summed E-state index contributed by atoms with van der Waals surface area (Å²) in [7, 11) is 0. The van der Waals surface area contributed by atoms with E-state index in [-0.39, 0.29) is 29.8 Å². The molecule has 0 aromatic heterocycles. The van der Waals surface area contributed by atoms with Crippen LogP contribution in [0.3, 0.4) is 0 Å². The summed E-state index contributed by atoms with van der Waals surface area (Å²) in [5, 5.41) is 15.8. The van der Waals surface area contributed by atoms with Gasteiger partial charge in [0.05, 0.1) is 12.1 Å². The number of rotatable bonds is 4. The molecular weight excluding hydrogens is 312 g/mol. The van der Waals surface area contributed by atoms with Crippen molar-refractivity contribution in [2.75, 3.05) is 13.1 Å². The van der Waals surface area contributed by atoms with Gasteiger partial charge in [-0.3, -0.25) is 4.79 Å². The summed E-state index contributed by atoms with van der Waals surface area (Å²) in [6.07, 6.45) is 4.85. The zero-order chi connectivity index (χ0) is 15.6. The first kappa shape index (κ1) is 18.2. The fraction of sp³-hybridized carbons (Fsp3) is 0.611. The number of benzene rings is 1. The fourth-order valence-electron chi connectivity index (χ4n) is 3.89. The number of β-amino-alcohol motifs (C(OH)–C–C–N with tert-alkyl or cyclic N) is 1. The second-order valence-electron chi connectivity index (χ2n) is 6.93. The number of hydrogen-bond donors (Lipinski definition) is 3. The van der Waals surface area contributed by atoms with Gasteiger partial charge in [-0.15, -0.1) is 12.4 Å². The van der Waals surface area contributed by atoms with Gasteiger partial charge < -0.3 is 15.7 Å². The maximum Gasteiger partial charge on any atom is 0.237 e. The summed E-state index contributed by atoms with van der Waals surface area (Å²) in [6, 6.07) is 8.44. The van der Waals surface area contributed by atoms with Crippen LogP contribution < -0.4 is 10.6 Å². The monoisotopic (exact) mass is 338 g/mol. The molecule has 1 saturated carbocycles. The van der Waals surface area contributed by atoms with Crippen LogP contribution in [0.2, 0.25) is 0 Å². The number of nitrogens with one attached hydrogen (secondary N) is 2. The minimum absolute atomic E-state index is 0. The Morgan fingerprint density at radius 3 is 2.74 bits per heavy atom. The van der Waals surface area contributed by atoms with Crippen LogP contribution in [-0.4, -0.2) is 36.2 Å². The minimum atomic E-state index is -0.395. The first-order valence-electron chi connectivity index (χ1n) is 8.35. The molecule has 0 radical (unpaired) electrons. The van der Waals surface area contributed by atoms with Crippen molar-refractivity contribution in [2.24, 2.45) is 0 Å². The fourth-order valence-corrected chi connectivity index (χ4v) is 3.89. The van der Waals surface area contributed by atoms with E-state index in [9.17, 15) is 9.90 Å². The molecule has 1 amide bonds. The van der Waals surface area contributed by atoms with E-state index in [2.05, 4.69) is 41.8 Å². The predicted octanol–water partition coefficient (Wildman–Crippen LogP) is 2.07. The van der Waals surface area contributed by atoms with Crippen LogP contribution in [0.25, 0.3) is 0 Å². The van der Waals surface area contributed by atoms with Crippen molar-refractivity contribution in [3.8, 4) is 0 Å². The molecule has 1 saturated heterocycles. The molecule has 1 aliphatic carbocycles. The highest BCUT2D eigenvalue weighted by Crippen LogP contribution is 2.40. The molecule has 2 atom stereocenters. The van der Waals surface area contributed by atoms with Crippen molar-refractivity contribution in [2.45, 2.75) is 56.6 Å². The number of halogens is 1. The Morgan fingerprint density at radius 2 is 2.13 bits per heavy atom. The van der Waals surface area contributed by atoms with E-state index in [1.807, 2.05) is 0 Å². The van der Waals surface area contributed by atoms with E-state index in [0.717, 1.165) is 12.8 Å². The van der Waals surface area contributed by atoms with Gasteiger partial charge in [-0.05, 0) is 31.7 Å². The molecule has 23 heavy (non-hydrogen) atoms. The third kappa shape index (κ3) is 4.06. The molecular formula is C18H27ClN2O2. The van der Waals surface area contributed by atoms with Crippen molar-refractivity contribution in [1.82, 2.24) is 10.6 Å². The summed E-state index contributed by atoms with van der Waals surface area (Å²) in [5.74, 6) is 0.0236. The van der Waals surface area contributed by atoms with Crippen molar-refractivity contribution in [3.05, 3.63) is 35.4 Å². The number of aliphatic hydroxyl groups excluding tert-OH is 1. The molecule has 1 aliphatic heterocycles. The molecule has 3 N–H and O–H groups in total. The van der Waals surface area contributed by atoms with E-state index in [0.29, 0.717) is 19.5 Å². The van der Waals surface area contributed by atoms with Crippen LogP contribution in [-0.2, 0) is 10.2 Å². The zero-order valence-electron chi connectivity index (χ0n) is 13.7. The smallest absolute Gasteiger partial charge is 0.237 e. The van der Waals surface area contributed by atoms with Crippen LogP contribution in [0.15, 0.2) is 24.3 Å². The molecule has 4 nitrogen and oxygen atoms in total. The number of carbonyl (C=O) groups is 1. The van der Waals surface area contributed by atoms with E-state index in [1.165, 1.54) is 24.0 Å². The lowest BCUT2D eigenvalue weighted by atomic mass is 9.78. The first-order valence-corrected chi connectivity index (χ1v) is 8.35. The summed E-state index contributed by atoms with van der Waals surface area (Å²) in [5.41, 5.74) is 2.71. The lowest BCUT2D eigenvalue weighted by molar-refractivity contribution is -0.123. The Labute approximate surface area is 144 Å². The number of amides is 1. The summed E-state index contributed by atoms with van der Waals surface area (Å²) in [6.45, 7) is 3.33. The molecule has 0 bridgehead atoms. The van der Waals surface area contributed by atoms with Crippen LogP contribution in [0.5, 0.6) is 0 Å². The van der Waals surface area contributed by atoms with Crippen molar-refractivity contribution >= 4 is 18.3 Å². The molecule has 1 aromatic rings. The molecule has 1 heterocycles. The minimum Gasteiger partial charge on any atom is -0.392 e.